The summed E-state index contributed by atoms with van der Waals surface area (Å²) in [6.07, 6.45) is 5.77. The smallest absolute Gasteiger partial charge is 0.228 e. The lowest BCUT2D eigenvalue weighted by atomic mass is 9.93. The zero-order chi connectivity index (χ0) is 16.4. The highest BCUT2D eigenvalue weighted by Crippen LogP contribution is 2.36. The van der Waals surface area contributed by atoms with E-state index in [9.17, 15) is 4.79 Å². The second-order valence-electron chi connectivity index (χ2n) is 6.95. The molecule has 5 nitrogen and oxygen atoms in total. The molecule has 23 heavy (non-hydrogen) atoms. The van der Waals surface area contributed by atoms with Crippen molar-refractivity contribution >= 4 is 5.91 Å². The predicted octanol–water partition coefficient (Wildman–Crippen LogP) is 1.96. The Morgan fingerprint density at radius 2 is 2.30 bits per heavy atom. The van der Waals surface area contributed by atoms with Crippen LogP contribution in [0.1, 0.15) is 31.4 Å². The minimum absolute atomic E-state index is 0.0241. The summed E-state index contributed by atoms with van der Waals surface area (Å²) in [6, 6.07) is 4.47. The second-order valence-corrected chi connectivity index (χ2v) is 6.95. The summed E-state index contributed by atoms with van der Waals surface area (Å²) >= 11 is 0. The van der Waals surface area contributed by atoms with E-state index >= 15 is 0 Å². The van der Waals surface area contributed by atoms with E-state index in [-0.39, 0.29) is 17.9 Å². The van der Waals surface area contributed by atoms with Gasteiger partial charge in [-0.3, -0.25) is 14.7 Å². The number of amides is 1. The molecule has 0 unspecified atom stereocenters. The molecule has 0 N–H and O–H groups in total. The molecule has 0 bridgehead atoms. The normalized spacial score (nSPS) is 31.4. The molecule has 1 aromatic heterocycles. The molecule has 0 aromatic carbocycles. The zero-order valence-corrected chi connectivity index (χ0v) is 14.3. The van der Waals surface area contributed by atoms with Crippen LogP contribution in [0.2, 0.25) is 0 Å². The lowest BCUT2D eigenvalue weighted by Crippen LogP contribution is -2.39. The maximum Gasteiger partial charge on any atom is 0.228 e. The number of hydrogen-bond acceptors (Lipinski definition) is 4. The van der Waals surface area contributed by atoms with Crippen LogP contribution in [0, 0.1) is 11.8 Å². The molecule has 0 aliphatic carbocycles. The largest absolute Gasteiger partial charge is 0.378 e. The summed E-state index contributed by atoms with van der Waals surface area (Å²) in [5, 5.41) is 0. The van der Waals surface area contributed by atoms with Gasteiger partial charge in [0.05, 0.1) is 12.0 Å². The van der Waals surface area contributed by atoms with E-state index in [4.69, 9.17) is 4.74 Å². The topological polar surface area (TPSA) is 45.7 Å². The zero-order valence-electron chi connectivity index (χ0n) is 14.3. The Bertz CT molecular complexity index is 536. The lowest BCUT2D eigenvalue weighted by Gasteiger charge is -2.30. The summed E-state index contributed by atoms with van der Waals surface area (Å²) in [5.41, 5.74) is 1.25. The Kier molecular flexibility index (Phi) is 4.97. The lowest BCUT2D eigenvalue weighted by molar-refractivity contribution is -0.136. The van der Waals surface area contributed by atoms with Crippen LogP contribution in [-0.2, 0) is 9.53 Å². The Labute approximate surface area is 138 Å². The van der Waals surface area contributed by atoms with Crippen LogP contribution < -0.4 is 0 Å². The molecule has 1 amide bonds. The highest BCUT2D eigenvalue weighted by molar-refractivity contribution is 5.79. The van der Waals surface area contributed by atoms with Crippen LogP contribution in [0.5, 0.6) is 0 Å². The molecule has 4 atom stereocenters. The highest BCUT2D eigenvalue weighted by atomic mass is 16.5. The van der Waals surface area contributed by atoms with Crippen LogP contribution in [0.25, 0.3) is 0 Å². The first-order valence-corrected chi connectivity index (χ1v) is 8.54. The first-order chi connectivity index (χ1) is 11.1. The number of ether oxygens (including phenoxy) is 1. The molecule has 2 aliphatic rings. The van der Waals surface area contributed by atoms with Gasteiger partial charge in [-0.25, -0.2) is 0 Å². The molecule has 0 radical (unpaired) electrons. The van der Waals surface area contributed by atoms with Gasteiger partial charge in [0.15, 0.2) is 0 Å². The molecular weight excluding hydrogens is 290 g/mol. The van der Waals surface area contributed by atoms with Crippen molar-refractivity contribution in [1.82, 2.24) is 14.8 Å². The van der Waals surface area contributed by atoms with Gasteiger partial charge in [0.2, 0.25) is 5.91 Å². The maximum absolute atomic E-state index is 12.7. The Balaban J connectivity index is 1.67. The number of nitrogens with zero attached hydrogens (tertiary/aromatic N) is 3. The van der Waals surface area contributed by atoms with Crippen LogP contribution in [-0.4, -0.2) is 60.6 Å². The number of carbonyl (C=O) groups is 1. The maximum atomic E-state index is 12.7. The SMILES string of the molecule is C[C@@H]1OCC[C@@H]1C(=O)N(C)C[C@@H]1CCN(C)[C@H]1c1cccnc1. The molecule has 2 fully saturated rings. The summed E-state index contributed by atoms with van der Waals surface area (Å²) in [4.78, 5) is 21.2. The van der Waals surface area contributed by atoms with Crippen molar-refractivity contribution < 1.29 is 9.53 Å². The van der Waals surface area contributed by atoms with E-state index in [1.807, 2.05) is 37.3 Å². The first-order valence-electron chi connectivity index (χ1n) is 8.54. The Morgan fingerprint density at radius 3 is 2.96 bits per heavy atom. The van der Waals surface area contributed by atoms with E-state index in [1.54, 1.807) is 0 Å². The van der Waals surface area contributed by atoms with Crippen molar-refractivity contribution in [2.24, 2.45) is 11.8 Å². The van der Waals surface area contributed by atoms with Gasteiger partial charge in [-0.2, -0.15) is 0 Å². The van der Waals surface area contributed by atoms with Gasteiger partial charge in [0.1, 0.15) is 0 Å². The van der Waals surface area contributed by atoms with E-state index in [2.05, 4.69) is 23.0 Å². The summed E-state index contributed by atoms with van der Waals surface area (Å²) in [5.74, 6) is 0.709. The molecule has 2 aliphatic heterocycles. The number of aromatic nitrogens is 1. The van der Waals surface area contributed by atoms with Gasteiger partial charge in [-0.15, -0.1) is 0 Å². The van der Waals surface area contributed by atoms with Crippen molar-refractivity contribution in [2.45, 2.75) is 31.9 Å². The van der Waals surface area contributed by atoms with Crippen molar-refractivity contribution in [2.75, 3.05) is 33.8 Å². The average Bonchev–Trinajstić information content (AvgIpc) is 3.13. The van der Waals surface area contributed by atoms with Crippen LogP contribution >= 0.6 is 0 Å². The third kappa shape index (κ3) is 3.40. The highest BCUT2D eigenvalue weighted by Gasteiger charge is 2.37. The number of carbonyl (C=O) groups excluding carboxylic acids is 1. The number of hydrogen-bond donors (Lipinski definition) is 0. The van der Waals surface area contributed by atoms with Crippen LogP contribution in [0.15, 0.2) is 24.5 Å². The molecule has 5 heteroatoms. The van der Waals surface area contributed by atoms with Crippen LogP contribution in [0.4, 0.5) is 0 Å². The van der Waals surface area contributed by atoms with Crippen molar-refractivity contribution in [3.63, 3.8) is 0 Å². The molecular formula is C18H27N3O2. The monoisotopic (exact) mass is 317 g/mol. The fourth-order valence-electron chi connectivity index (χ4n) is 4.08. The fraction of sp³-hybridized carbons (Fsp3) is 0.667. The minimum atomic E-state index is 0.0241. The van der Waals surface area contributed by atoms with E-state index < -0.39 is 0 Å². The van der Waals surface area contributed by atoms with Gasteiger partial charge in [0.25, 0.3) is 0 Å². The van der Waals surface area contributed by atoms with E-state index in [0.717, 1.165) is 25.9 Å². The van der Waals surface area contributed by atoms with Gasteiger partial charge in [-0.05, 0) is 50.9 Å². The van der Waals surface area contributed by atoms with Crippen LogP contribution in [0.3, 0.4) is 0 Å². The van der Waals surface area contributed by atoms with Crippen molar-refractivity contribution in [3.8, 4) is 0 Å². The molecule has 0 spiro atoms. The minimum Gasteiger partial charge on any atom is -0.378 e. The van der Waals surface area contributed by atoms with E-state index in [0.29, 0.717) is 18.6 Å². The molecule has 3 heterocycles. The molecule has 126 valence electrons. The van der Waals surface area contributed by atoms with Gasteiger partial charge >= 0.3 is 0 Å². The Hall–Kier alpha value is -1.46. The summed E-state index contributed by atoms with van der Waals surface area (Å²) in [6.45, 7) is 4.57. The second kappa shape index (κ2) is 6.97. The average molecular weight is 317 g/mol. The molecule has 1 aromatic rings. The van der Waals surface area contributed by atoms with Crippen molar-refractivity contribution in [1.29, 1.82) is 0 Å². The summed E-state index contributed by atoms with van der Waals surface area (Å²) in [7, 11) is 4.10. The Morgan fingerprint density at radius 1 is 1.48 bits per heavy atom. The number of rotatable bonds is 4. The summed E-state index contributed by atoms with van der Waals surface area (Å²) < 4.78 is 5.55. The quantitative estimate of drug-likeness (QED) is 0.851. The standard InChI is InChI=1S/C18H27N3O2/c1-13-16(7-10-23-13)18(22)21(3)12-15-6-9-20(2)17(15)14-5-4-8-19-11-14/h4-5,8,11,13,15-17H,6-7,9-10,12H2,1-3H3/t13-,15-,16-,17-/m0/s1. The molecule has 0 saturated carbocycles. The number of pyridine rings is 1. The van der Waals surface area contributed by atoms with Gasteiger partial charge in [0, 0.05) is 38.6 Å². The fourth-order valence-corrected chi connectivity index (χ4v) is 4.08. The predicted molar refractivity (Wildman–Crippen MR) is 88.9 cm³/mol. The number of likely N-dealkylation sites (tertiary alicyclic amines) is 1. The van der Waals surface area contributed by atoms with Gasteiger partial charge < -0.3 is 9.64 Å². The van der Waals surface area contributed by atoms with Crippen molar-refractivity contribution in [3.05, 3.63) is 30.1 Å². The third-order valence-electron chi connectivity index (χ3n) is 5.38. The van der Waals surface area contributed by atoms with E-state index in [1.165, 1.54) is 5.56 Å². The molecule has 3 rings (SSSR count). The third-order valence-corrected chi connectivity index (χ3v) is 5.38. The first kappa shape index (κ1) is 16.4. The molecule has 2 saturated heterocycles. The van der Waals surface area contributed by atoms with Gasteiger partial charge in [-0.1, -0.05) is 6.07 Å².